The van der Waals surface area contributed by atoms with Crippen LogP contribution >= 0.6 is 0 Å². The summed E-state index contributed by atoms with van der Waals surface area (Å²) in [5.74, 6) is 0. The summed E-state index contributed by atoms with van der Waals surface area (Å²) in [6.45, 7) is 0. The first-order valence-corrected chi connectivity index (χ1v) is 15.9. The molecule has 0 aliphatic heterocycles. The highest BCUT2D eigenvalue weighted by molar-refractivity contribution is 6.22. The fourth-order valence-electron chi connectivity index (χ4n) is 7.30. The zero-order valence-electron chi connectivity index (χ0n) is 29.3. The summed E-state index contributed by atoms with van der Waals surface area (Å²) in [5, 5.41) is 9.92. The van der Waals surface area contributed by atoms with Crippen molar-refractivity contribution in [2.24, 2.45) is 0 Å². The van der Waals surface area contributed by atoms with Crippen LogP contribution in [0.3, 0.4) is 0 Å². The van der Waals surface area contributed by atoms with Gasteiger partial charge in [-0.3, -0.25) is 0 Å². The molecule has 0 spiro atoms. The monoisotopic (exact) mass is 600 g/mol. The lowest BCUT2D eigenvalue weighted by Crippen LogP contribution is -1.88. The second-order valence-corrected chi connectivity index (χ2v) is 12.1. The molecule has 0 saturated heterocycles. The molecule has 10 rings (SSSR count). The minimum atomic E-state index is -0.0797. The Kier molecular flexibility index (Phi) is 4.83. The molecule has 9 aromatic carbocycles. The molecule has 1 heteroatoms. The molecule has 218 valence electrons. The third kappa shape index (κ3) is 4.03. The molecule has 0 bridgehead atoms. The van der Waals surface area contributed by atoms with Crippen molar-refractivity contribution in [3.63, 3.8) is 0 Å². The van der Waals surface area contributed by atoms with Gasteiger partial charge in [-0.15, -0.1) is 0 Å². The van der Waals surface area contributed by atoms with Crippen molar-refractivity contribution in [2.45, 2.75) is 0 Å². The van der Waals surface area contributed by atoms with Gasteiger partial charge in [0.25, 0.3) is 0 Å². The predicted octanol–water partition coefficient (Wildman–Crippen LogP) is 13.2. The first kappa shape index (κ1) is 22.3. The van der Waals surface area contributed by atoms with Crippen LogP contribution in [-0.4, -0.2) is 0 Å². The van der Waals surface area contributed by atoms with E-state index in [9.17, 15) is 5.48 Å². The van der Waals surface area contributed by atoms with Gasteiger partial charge in [-0.05, 0) is 95.2 Å². The molecule has 0 aliphatic rings. The molecule has 1 nitrogen and oxygen atoms in total. The van der Waals surface area contributed by atoms with E-state index >= 15 is 0 Å². The largest absolute Gasteiger partial charge is 0.455 e. The van der Waals surface area contributed by atoms with Crippen LogP contribution in [0.2, 0.25) is 0 Å². The number of hydrogen-bond acceptors (Lipinski definition) is 1. The number of furan rings is 1. The van der Waals surface area contributed by atoms with Crippen molar-refractivity contribution < 1.29 is 9.90 Å². The van der Waals surface area contributed by atoms with Crippen LogP contribution in [0.5, 0.6) is 0 Å². The van der Waals surface area contributed by atoms with Crippen LogP contribution in [0.4, 0.5) is 0 Å². The van der Waals surface area contributed by atoms with Gasteiger partial charge in [-0.25, -0.2) is 0 Å². The SMILES string of the molecule is [2H]c1c([2H])c(-c2c3ccccc3cc3c2ccc2ccccc23)c([2H])c([2H])c1-c1cc(-c2ccccc2)c2oc3ccc4ccccc4c3c2c1. The topological polar surface area (TPSA) is 13.1 Å². The van der Waals surface area contributed by atoms with Crippen molar-refractivity contribution in [1.29, 1.82) is 0 Å². The summed E-state index contributed by atoms with van der Waals surface area (Å²) in [6, 6.07) is 48.4. The Morgan fingerprint density at radius 1 is 0.383 bits per heavy atom. The summed E-state index contributed by atoms with van der Waals surface area (Å²) < 4.78 is 44.7. The van der Waals surface area contributed by atoms with E-state index in [2.05, 4.69) is 42.5 Å². The van der Waals surface area contributed by atoms with Crippen LogP contribution in [0.1, 0.15) is 5.48 Å². The van der Waals surface area contributed by atoms with E-state index in [1.807, 2.05) is 103 Å². The average molecular weight is 601 g/mol. The molecule has 0 saturated carbocycles. The summed E-state index contributed by atoms with van der Waals surface area (Å²) in [4.78, 5) is 0. The smallest absolute Gasteiger partial charge is 0.143 e. The summed E-state index contributed by atoms with van der Waals surface area (Å²) in [7, 11) is 0. The molecule has 0 amide bonds. The first-order valence-electron chi connectivity index (χ1n) is 17.9. The minimum absolute atomic E-state index is 0.0688. The second kappa shape index (κ2) is 10.2. The van der Waals surface area contributed by atoms with Gasteiger partial charge in [0, 0.05) is 16.3 Å². The van der Waals surface area contributed by atoms with Gasteiger partial charge in [-0.1, -0.05) is 145 Å². The zero-order chi connectivity index (χ0) is 34.4. The standard InChI is InChI=1S/C46H28O/c1-2-10-30(11-3-1)40-27-35(28-42-45-37-16-8-5-13-32(37)23-25-43(45)47-46(40)42)29-18-20-33(21-19-29)44-38-17-9-6-14-34(38)26-41-36-15-7-4-12-31(36)22-24-39(41)44/h1-28H/i18D,19D,20D,21D. The Balaban J connectivity index is 1.30. The summed E-state index contributed by atoms with van der Waals surface area (Å²) in [6.07, 6.45) is 0. The molecule has 47 heavy (non-hydrogen) atoms. The van der Waals surface area contributed by atoms with Crippen LogP contribution in [0, 0.1) is 0 Å². The fourth-order valence-corrected chi connectivity index (χ4v) is 7.30. The lowest BCUT2D eigenvalue weighted by atomic mass is 9.89. The average Bonchev–Trinajstić information content (AvgIpc) is 3.56. The molecular weight excluding hydrogens is 569 g/mol. The van der Waals surface area contributed by atoms with Crippen LogP contribution in [0.25, 0.3) is 98.4 Å². The summed E-state index contributed by atoms with van der Waals surface area (Å²) >= 11 is 0. The zero-order valence-corrected chi connectivity index (χ0v) is 25.3. The molecule has 0 N–H and O–H groups in total. The number of fused-ring (bicyclic) bond motifs is 9. The Morgan fingerprint density at radius 3 is 1.83 bits per heavy atom. The summed E-state index contributed by atoms with van der Waals surface area (Å²) in [5.41, 5.74) is 5.12. The number of rotatable bonds is 3. The van der Waals surface area contributed by atoms with E-state index in [1.54, 1.807) is 0 Å². The van der Waals surface area contributed by atoms with E-state index < -0.39 is 0 Å². The molecule has 1 heterocycles. The molecule has 0 radical (unpaired) electrons. The molecule has 0 fully saturated rings. The normalized spacial score (nSPS) is 13.0. The highest BCUT2D eigenvalue weighted by Gasteiger charge is 2.18. The molecule has 0 aliphatic carbocycles. The molecule has 0 unspecified atom stereocenters. The highest BCUT2D eigenvalue weighted by atomic mass is 16.3. The Bertz CT molecular complexity index is 3040. The van der Waals surface area contributed by atoms with Gasteiger partial charge in [0.05, 0.1) is 5.48 Å². The Morgan fingerprint density at radius 2 is 1.02 bits per heavy atom. The van der Waals surface area contributed by atoms with E-state index in [0.29, 0.717) is 16.7 Å². The Labute approximate surface area is 277 Å². The van der Waals surface area contributed by atoms with Gasteiger partial charge < -0.3 is 4.42 Å². The maximum atomic E-state index is 9.55. The third-order valence-corrected chi connectivity index (χ3v) is 9.48. The maximum Gasteiger partial charge on any atom is 0.143 e. The van der Waals surface area contributed by atoms with Crippen LogP contribution in [-0.2, 0) is 0 Å². The number of hydrogen-bond donors (Lipinski definition) is 0. The van der Waals surface area contributed by atoms with Crippen molar-refractivity contribution in [3.8, 4) is 33.4 Å². The van der Waals surface area contributed by atoms with Gasteiger partial charge in [0.1, 0.15) is 11.2 Å². The van der Waals surface area contributed by atoms with Gasteiger partial charge in [-0.2, -0.15) is 0 Å². The van der Waals surface area contributed by atoms with Crippen LogP contribution < -0.4 is 0 Å². The Hall–Kier alpha value is -6.18. The molecule has 1 aromatic heterocycles. The lowest BCUT2D eigenvalue weighted by molar-refractivity contribution is 0.670. The first-order chi connectivity index (χ1) is 25.0. The van der Waals surface area contributed by atoms with Gasteiger partial charge in [0.2, 0.25) is 0 Å². The maximum absolute atomic E-state index is 9.55. The second-order valence-electron chi connectivity index (χ2n) is 12.1. The minimum Gasteiger partial charge on any atom is -0.455 e. The predicted molar refractivity (Wildman–Crippen MR) is 200 cm³/mol. The van der Waals surface area contributed by atoms with Gasteiger partial charge >= 0.3 is 0 Å². The lowest BCUT2D eigenvalue weighted by Gasteiger charge is -2.15. The fraction of sp³-hybridized carbons (Fsp3) is 0. The van der Waals surface area contributed by atoms with E-state index in [0.717, 1.165) is 76.2 Å². The number of benzene rings is 9. The van der Waals surface area contributed by atoms with Crippen molar-refractivity contribution in [1.82, 2.24) is 0 Å². The van der Waals surface area contributed by atoms with Crippen molar-refractivity contribution in [3.05, 3.63) is 170 Å². The van der Waals surface area contributed by atoms with Gasteiger partial charge in [0.15, 0.2) is 0 Å². The molecule has 0 atom stereocenters. The van der Waals surface area contributed by atoms with Crippen molar-refractivity contribution >= 4 is 65.0 Å². The highest BCUT2D eigenvalue weighted by Crippen LogP contribution is 2.43. The van der Waals surface area contributed by atoms with Crippen LogP contribution in [0.15, 0.2) is 174 Å². The van der Waals surface area contributed by atoms with E-state index in [4.69, 9.17) is 4.42 Å². The quantitative estimate of drug-likeness (QED) is 0.145. The van der Waals surface area contributed by atoms with E-state index in [1.165, 1.54) is 0 Å². The van der Waals surface area contributed by atoms with Crippen molar-refractivity contribution in [2.75, 3.05) is 0 Å². The molecule has 10 aromatic rings. The third-order valence-electron chi connectivity index (χ3n) is 9.48. The molecular formula is C46H28O. The van der Waals surface area contributed by atoms with E-state index in [-0.39, 0.29) is 29.7 Å².